The number of benzene rings is 1. The SMILES string of the molecule is O=C(Nc1nc2cc(CO)ccc2n1C[C@H]1CCCN1)c1ccc(C(F)F)s1. The van der Waals surface area contributed by atoms with Crippen molar-refractivity contribution in [3.05, 3.63) is 45.6 Å². The van der Waals surface area contributed by atoms with E-state index < -0.39 is 12.3 Å². The summed E-state index contributed by atoms with van der Waals surface area (Å²) in [5.74, 6) is -0.0917. The molecule has 0 aliphatic carbocycles. The maximum absolute atomic E-state index is 12.8. The lowest BCUT2D eigenvalue weighted by Crippen LogP contribution is -2.28. The Hall–Kier alpha value is -2.36. The molecule has 1 fully saturated rings. The monoisotopic (exact) mass is 406 g/mol. The lowest BCUT2D eigenvalue weighted by molar-refractivity contribution is 0.102. The van der Waals surface area contributed by atoms with Gasteiger partial charge in [-0.05, 0) is 49.2 Å². The van der Waals surface area contributed by atoms with Gasteiger partial charge in [-0.3, -0.25) is 10.1 Å². The third kappa shape index (κ3) is 3.78. The number of nitrogens with zero attached hydrogens (tertiary/aromatic N) is 2. The molecule has 0 unspecified atom stereocenters. The van der Waals surface area contributed by atoms with Crippen LogP contribution in [-0.4, -0.2) is 33.2 Å². The van der Waals surface area contributed by atoms with Gasteiger partial charge in [0.1, 0.15) is 0 Å². The molecule has 0 bridgehead atoms. The molecule has 4 rings (SSSR count). The van der Waals surface area contributed by atoms with Crippen molar-refractivity contribution in [2.75, 3.05) is 11.9 Å². The van der Waals surface area contributed by atoms with E-state index in [0.717, 1.165) is 41.8 Å². The van der Waals surface area contributed by atoms with E-state index in [9.17, 15) is 18.7 Å². The molecule has 2 aromatic heterocycles. The molecule has 0 saturated carbocycles. The zero-order valence-corrected chi connectivity index (χ0v) is 15.8. The Labute approximate surface area is 164 Å². The fraction of sp³-hybridized carbons (Fsp3) is 0.368. The first-order valence-corrected chi connectivity index (χ1v) is 9.89. The highest BCUT2D eigenvalue weighted by Crippen LogP contribution is 2.28. The molecule has 1 atom stereocenters. The molecule has 1 aliphatic heterocycles. The van der Waals surface area contributed by atoms with E-state index in [2.05, 4.69) is 15.6 Å². The summed E-state index contributed by atoms with van der Waals surface area (Å²) in [6.07, 6.45) is -0.467. The second-order valence-electron chi connectivity index (χ2n) is 6.78. The number of aliphatic hydroxyl groups excluding tert-OH is 1. The number of hydrogen-bond donors (Lipinski definition) is 3. The van der Waals surface area contributed by atoms with Crippen molar-refractivity contribution in [1.29, 1.82) is 0 Å². The zero-order valence-electron chi connectivity index (χ0n) is 15.0. The van der Waals surface area contributed by atoms with E-state index in [1.807, 2.05) is 16.7 Å². The van der Waals surface area contributed by atoms with Gasteiger partial charge in [0.25, 0.3) is 12.3 Å². The smallest absolute Gasteiger partial charge is 0.272 e. The van der Waals surface area contributed by atoms with E-state index in [1.54, 1.807) is 6.07 Å². The van der Waals surface area contributed by atoms with Crippen LogP contribution in [0.25, 0.3) is 11.0 Å². The van der Waals surface area contributed by atoms with Crippen molar-refractivity contribution >= 4 is 34.2 Å². The first-order chi connectivity index (χ1) is 13.5. The van der Waals surface area contributed by atoms with E-state index in [4.69, 9.17) is 0 Å². The number of hydrogen-bond acceptors (Lipinski definition) is 5. The number of amides is 1. The lowest BCUT2D eigenvalue weighted by Gasteiger charge is -2.15. The van der Waals surface area contributed by atoms with Gasteiger partial charge in [-0.25, -0.2) is 13.8 Å². The average molecular weight is 406 g/mol. The minimum Gasteiger partial charge on any atom is -0.392 e. The molecular weight excluding hydrogens is 386 g/mol. The van der Waals surface area contributed by atoms with Crippen molar-refractivity contribution in [2.45, 2.75) is 38.5 Å². The molecule has 3 heterocycles. The summed E-state index contributed by atoms with van der Waals surface area (Å²) in [5, 5.41) is 15.6. The number of alkyl halides is 2. The van der Waals surface area contributed by atoms with Gasteiger partial charge in [-0.15, -0.1) is 11.3 Å². The number of aromatic nitrogens is 2. The van der Waals surface area contributed by atoms with Crippen LogP contribution in [0.3, 0.4) is 0 Å². The Morgan fingerprint density at radius 3 is 2.93 bits per heavy atom. The van der Waals surface area contributed by atoms with Crippen LogP contribution in [0.1, 0.15) is 39.4 Å². The fourth-order valence-corrected chi connectivity index (χ4v) is 4.20. The van der Waals surface area contributed by atoms with E-state index in [0.29, 0.717) is 18.0 Å². The summed E-state index contributed by atoms with van der Waals surface area (Å²) >= 11 is 0.776. The van der Waals surface area contributed by atoms with Crippen molar-refractivity contribution < 1.29 is 18.7 Å². The van der Waals surface area contributed by atoms with Gasteiger partial charge in [0.15, 0.2) is 0 Å². The molecule has 28 heavy (non-hydrogen) atoms. The van der Waals surface area contributed by atoms with Gasteiger partial charge in [0.2, 0.25) is 5.95 Å². The minimum atomic E-state index is -2.60. The predicted octanol–water partition coefficient (Wildman–Crippen LogP) is 3.53. The molecule has 0 radical (unpaired) electrons. The second-order valence-corrected chi connectivity index (χ2v) is 7.89. The molecule has 3 N–H and O–H groups in total. The highest BCUT2D eigenvalue weighted by molar-refractivity contribution is 7.14. The van der Waals surface area contributed by atoms with Crippen LogP contribution in [0.5, 0.6) is 0 Å². The predicted molar refractivity (Wildman–Crippen MR) is 104 cm³/mol. The number of thiophene rings is 1. The summed E-state index contributed by atoms with van der Waals surface area (Å²) in [5.41, 5.74) is 2.24. The molecule has 6 nitrogen and oxygen atoms in total. The van der Waals surface area contributed by atoms with Crippen LogP contribution in [0.4, 0.5) is 14.7 Å². The third-order valence-electron chi connectivity index (χ3n) is 4.85. The van der Waals surface area contributed by atoms with Gasteiger partial charge in [-0.1, -0.05) is 6.07 Å². The Bertz CT molecular complexity index is 995. The topological polar surface area (TPSA) is 79.2 Å². The van der Waals surface area contributed by atoms with Gasteiger partial charge < -0.3 is 15.0 Å². The highest BCUT2D eigenvalue weighted by atomic mass is 32.1. The maximum Gasteiger partial charge on any atom is 0.272 e. The Morgan fingerprint density at radius 2 is 2.25 bits per heavy atom. The van der Waals surface area contributed by atoms with Crippen LogP contribution in [0.15, 0.2) is 30.3 Å². The van der Waals surface area contributed by atoms with Crippen molar-refractivity contribution in [1.82, 2.24) is 14.9 Å². The van der Waals surface area contributed by atoms with Gasteiger partial charge in [0.05, 0.1) is 27.4 Å². The first-order valence-electron chi connectivity index (χ1n) is 9.08. The molecule has 1 aliphatic rings. The van der Waals surface area contributed by atoms with Crippen molar-refractivity contribution in [3.8, 4) is 0 Å². The average Bonchev–Trinajstić information content (AvgIpc) is 3.42. The Balaban J connectivity index is 1.66. The number of rotatable bonds is 6. The van der Waals surface area contributed by atoms with Crippen LogP contribution in [0, 0.1) is 0 Å². The number of aliphatic hydroxyl groups is 1. The van der Waals surface area contributed by atoms with E-state index in [-0.39, 0.29) is 22.4 Å². The minimum absolute atomic E-state index is 0.0970. The number of imidazole rings is 1. The molecule has 1 aromatic carbocycles. The molecule has 1 saturated heterocycles. The molecule has 1 amide bonds. The number of carbonyl (C=O) groups excluding carboxylic acids is 1. The van der Waals surface area contributed by atoms with E-state index in [1.165, 1.54) is 12.1 Å². The van der Waals surface area contributed by atoms with Gasteiger partial charge in [-0.2, -0.15) is 0 Å². The maximum atomic E-state index is 12.8. The number of carbonyl (C=O) groups is 1. The Kier molecular flexibility index (Phi) is 5.38. The zero-order chi connectivity index (χ0) is 19.7. The standard InChI is InChI=1S/C19H20F2N4O2S/c20-17(21)15-5-6-16(28-15)18(27)24-19-23-13-8-11(10-26)3-4-14(13)25(19)9-12-2-1-7-22-12/h3-6,8,12,17,22,26H,1-2,7,9-10H2,(H,23,24,27)/t12-/m1/s1. The highest BCUT2D eigenvalue weighted by Gasteiger charge is 2.21. The largest absolute Gasteiger partial charge is 0.392 e. The summed E-state index contributed by atoms with van der Waals surface area (Å²) in [7, 11) is 0. The summed E-state index contributed by atoms with van der Waals surface area (Å²) in [6.45, 7) is 1.50. The molecule has 3 aromatic rings. The quantitative estimate of drug-likeness (QED) is 0.585. The first kappa shape index (κ1) is 19.0. The molecule has 9 heteroatoms. The van der Waals surface area contributed by atoms with Crippen LogP contribution in [-0.2, 0) is 13.2 Å². The van der Waals surface area contributed by atoms with Crippen molar-refractivity contribution in [2.24, 2.45) is 0 Å². The third-order valence-corrected chi connectivity index (χ3v) is 5.94. The van der Waals surface area contributed by atoms with Crippen LogP contribution < -0.4 is 10.6 Å². The van der Waals surface area contributed by atoms with Gasteiger partial charge >= 0.3 is 0 Å². The lowest BCUT2D eigenvalue weighted by atomic mass is 10.2. The molecule has 148 valence electrons. The number of anilines is 1. The normalized spacial score (nSPS) is 16.9. The summed E-state index contributed by atoms with van der Waals surface area (Å²) < 4.78 is 27.5. The second kappa shape index (κ2) is 7.94. The Morgan fingerprint density at radius 1 is 1.39 bits per heavy atom. The molecule has 0 spiro atoms. The molecular formula is C19H20F2N4O2S. The number of nitrogens with one attached hydrogen (secondary N) is 2. The van der Waals surface area contributed by atoms with Crippen LogP contribution in [0.2, 0.25) is 0 Å². The number of halogens is 2. The summed E-state index contributed by atoms with van der Waals surface area (Å²) in [6, 6.07) is 8.42. The van der Waals surface area contributed by atoms with E-state index >= 15 is 0 Å². The van der Waals surface area contributed by atoms with Crippen LogP contribution >= 0.6 is 11.3 Å². The number of fused-ring (bicyclic) bond motifs is 1. The van der Waals surface area contributed by atoms with Gasteiger partial charge in [0, 0.05) is 12.6 Å². The fourth-order valence-electron chi connectivity index (χ4n) is 3.44. The van der Waals surface area contributed by atoms with Crippen molar-refractivity contribution in [3.63, 3.8) is 0 Å². The summed E-state index contributed by atoms with van der Waals surface area (Å²) in [4.78, 5) is 17.2.